The number of hydrogen-bond acceptors (Lipinski definition) is 3. The lowest BCUT2D eigenvalue weighted by Crippen LogP contribution is -2.37. The summed E-state index contributed by atoms with van der Waals surface area (Å²) in [5.41, 5.74) is 2.06. The average Bonchev–Trinajstić information content (AvgIpc) is 2.97. The third kappa shape index (κ3) is 5.95. The summed E-state index contributed by atoms with van der Waals surface area (Å²) in [6.45, 7) is 2.51. The van der Waals surface area contributed by atoms with Gasteiger partial charge in [0.1, 0.15) is 0 Å². The Hall–Kier alpha value is -1.40. The molecule has 0 aromatic heterocycles. The zero-order chi connectivity index (χ0) is 16.9. The van der Waals surface area contributed by atoms with E-state index in [1.807, 2.05) is 31.2 Å². The number of nitrogens with zero attached hydrogens (tertiary/aromatic N) is 1. The standard InChI is InChI=1S/C17H26N2O3S/c1-14-7-9-15(10-8-14)13-19(23(2,21)22)12-11-17(20)18-16-5-3-4-6-16/h7-10,16H,3-6,11-13H2,1-2H3,(H,18,20). The van der Waals surface area contributed by atoms with Gasteiger partial charge in [0.2, 0.25) is 15.9 Å². The number of rotatable bonds is 7. The minimum atomic E-state index is -3.34. The van der Waals surface area contributed by atoms with E-state index in [-0.39, 0.29) is 24.9 Å². The lowest BCUT2D eigenvalue weighted by atomic mass is 10.1. The van der Waals surface area contributed by atoms with Crippen LogP contribution in [0.4, 0.5) is 0 Å². The first-order valence-corrected chi connectivity index (χ1v) is 9.99. The van der Waals surface area contributed by atoms with Gasteiger partial charge in [0, 0.05) is 25.6 Å². The number of hydrogen-bond donors (Lipinski definition) is 1. The Morgan fingerprint density at radius 2 is 1.83 bits per heavy atom. The van der Waals surface area contributed by atoms with Gasteiger partial charge in [-0.1, -0.05) is 42.7 Å². The van der Waals surface area contributed by atoms with E-state index in [1.165, 1.54) is 10.6 Å². The number of sulfonamides is 1. The predicted octanol–water partition coefficient (Wildman–Crippen LogP) is 2.21. The van der Waals surface area contributed by atoms with Crippen molar-refractivity contribution in [1.29, 1.82) is 0 Å². The maximum atomic E-state index is 12.0. The van der Waals surface area contributed by atoms with E-state index in [2.05, 4.69) is 5.32 Å². The lowest BCUT2D eigenvalue weighted by Gasteiger charge is -2.20. The smallest absolute Gasteiger partial charge is 0.221 e. The molecule has 0 radical (unpaired) electrons. The normalized spacial score (nSPS) is 16.0. The molecule has 0 saturated heterocycles. The summed E-state index contributed by atoms with van der Waals surface area (Å²) in [5, 5.41) is 3.00. The lowest BCUT2D eigenvalue weighted by molar-refractivity contribution is -0.121. The van der Waals surface area contributed by atoms with Crippen molar-refractivity contribution in [1.82, 2.24) is 9.62 Å². The number of nitrogens with one attached hydrogen (secondary N) is 1. The van der Waals surface area contributed by atoms with Crippen molar-refractivity contribution in [3.8, 4) is 0 Å². The van der Waals surface area contributed by atoms with Crippen molar-refractivity contribution in [2.45, 2.75) is 51.6 Å². The molecular formula is C17H26N2O3S. The molecule has 1 fully saturated rings. The molecule has 1 aromatic carbocycles. The monoisotopic (exact) mass is 338 g/mol. The third-order valence-electron chi connectivity index (χ3n) is 4.26. The Morgan fingerprint density at radius 1 is 1.22 bits per heavy atom. The van der Waals surface area contributed by atoms with E-state index < -0.39 is 10.0 Å². The maximum absolute atomic E-state index is 12.0. The molecule has 128 valence electrons. The maximum Gasteiger partial charge on any atom is 0.221 e. The Morgan fingerprint density at radius 3 is 2.39 bits per heavy atom. The minimum absolute atomic E-state index is 0.0607. The van der Waals surface area contributed by atoms with Crippen molar-refractivity contribution in [2.24, 2.45) is 0 Å². The fourth-order valence-electron chi connectivity index (χ4n) is 2.86. The Balaban J connectivity index is 1.90. The van der Waals surface area contributed by atoms with E-state index in [0.717, 1.165) is 36.8 Å². The number of aryl methyl sites for hydroxylation is 1. The highest BCUT2D eigenvalue weighted by atomic mass is 32.2. The Labute approximate surface area is 139 Å². The summed E-state index contributed by atoms with van der Waals surface area (Å²) in [6.07, 6.45) is 5.78. The van der Waals surface area contributed by atoms with Gasteiger partial charge in [-0.05, 0) is 25.3 Å². The van der Waals surface area contributed by atoms with Crippen molar-refractivity contribution in [3.05, 3.63) is 35.4 Å². The van der Waals surface area contributed by atoms with Crippen LogP contribution in [-0.4, -0.2) is 37.5 Å². The molecule has 0 atom stereocenters. The summed E-state index contributed by atoms with van der Waals surface area (Å²) < 4.78 is 25.3. The fraction of sp³-hybridized carbons (Fsp3) is 0.588. The minimum Gasteiger partial charge on any atom is -0.353 e. The molecule has 1 saturated carbocycles. The van der Waals surface area contributed by atoms with Gasteiger partial charge in [0.25, 0.3) is 0 Å². The van der Waals surface area contributed by atoms with Gasteiger partial charge in [-0.25, -0.2) is 8.42 Å². The van der Waals surface area contributed by atoms with Crippen LogP contribution in [0.1, 0.15) is 43.2 Å². The topological polar surface area (TPSA) is 66.5 Å². The van der Waals surface area contributed by atoms with Crippen LogP contribution in [0.3, 0.4) is 0 Å². The summed E-state index contributed by atoms with van der Waals surface area (Å²) in [4.78, 5) is 12.0. The van der Waals surface area contributed by atoms with Gasteiger partial charge in [-0.3, -0.25) is 4.79 Å². The van der Waals surface area contributed by atoms with Crippen LogP contribution in [0.2, 0.25) is 0 Å². The molecule has 1 N–H and O–H groups in total. The molecule has 0 aliphatic heterocycles. The molecule has 0 unspecified atom stereocenters. The summed E-state index contributed by atoms with van der Waals surface area (Å²) in [6, 6.07) is 8.04. The van der Waals surface area contributed by atoms with Crippen LogP contribution in [0.15, 0.2) is 24.3 Å². The molecule has 1 aromatic rings. The molecule has 0 heterocycles. The van der Waals surface area contributed by atoms with Crippen LogP contribution >= 0.6 is 0 Å². The van der Waals surface area contributed by atoms with Gasteiger partial charge >= 0.3 is 0 Å². The second-order valence-corrected chi connectivity index (χ2v) is 8.36. The van der Waals surface area contributed by atoms with Gasteiger partial charge in [0.05, 0.1) is 6.26 Å². The quantitative estimate of drug-likeness (QED) is 0.829. The number of carbonyl (C=O) groups is 1. The van der Waals surface area contributed by atoms with Crippen LogP contribution in [0.25, 0.3) is 0 Å². The van der Waals surface area contributed by atoms with E-state index in [1.54, 1.807) is 0 Å². The van der Waals surface area contributed by atoms with E-state index >= 15 is 0 Å². The Kier molecular flexibility index (Phi) is 6.18. The molecular weight excluding hydrogens is 312 g/mol. The van der Waals surface area contributed by atoms with Crippen LogP contribution in [-0.2, 0) is 21.4 Å². The second-order valence-electron chi connectivity index (χ2n) is 6.38. The first kappa shape index (κ1) is 17.9. The first-order chi connectivity index (χ1) is 10.8. The zero-order valence-corrected chi connectivity index (χ0v) is 14.7. The molecule has 6 heteroatoms. The molecule has 1 aliphatic rings. The van der Waals surface area contributed by atoms with E-state index in [9.17, 15) is 13.2 Å². The molecule has 23 heavy (non-hydrogen) atoms. The zero-order valence-electron chi connectivity index (χ0n) is 13.9. The highest BCUT2D eigenvalue weighted by molar-refractivity contribution is 7.88. The largest absolute Gasteiger partial charge is 0.353 e. The van der Waals surface area contributed by atoms with Crippen LogP contribution < -0.4 is 5.32 Å². The molecule has 5 nitrogen and oxygen atoms in total. The highest BCUT2D eigenvalue weighted by Gasteiger charge is 2.20. The van der Waals surface area contributed by atoms with Gasteiger partial charge in [0.15, 0.2) is 0 Å². The van der Waals surface area contributed by atoms with Gasteiger partial charge < -0.3 is 5.32 Å². The summed E-state index contributed by atoms with van der Waals surface area (Å²) in [7, 11) is -3.34. The van der Waals surface area contributed by atoms with Gasteiger partial charge in [-0.2, -0.15) is 4.31 Å². The number of carbonyl (C=O) groups excluding carboxylic acids is 1. The number of amides is 1. The van der Waals surface area contributed by atoms with Crippen LogP contribution in [0, 0.1) is 6.92 Å². The molecule has 0 spiro atoms. The van der Waals surface area contributed by atoms with E-state index in [0.29, 0.717) is 6.54 Å². The molecule has 1 amide bonds. The summed E-state index contributed by atoms with van der Waals surface area (Å²) in [5.74, 6) is -0.0607. The predicted molar refractivity (Wildman–Crippen MR) is 91.4 cm³/mol. The van der Waals surface area contributed by atoms with Gasteiger partial charge in [-0.15, -0.1) is 0 Å². The highest BCUT2D eigenvalue weighted by Crippen LogP contribution is 2.17. The second kappa shape index (κ2) is 7.93. The van der Waals surface area contributed by atoms with E-state index in [4.69, 9.17) is 0 Å². The first-order valence-electron chi connectivity index (χ1n) is 8.14. The third-order valence-corrected chi connectivity index (χ3v) is 5.51. The number of benzene rings is 1. The van der Waals surface area contributed by atoms with Crippen molar-refractivity contribution in [2.75, 3.05) is 12.8 Å². The molecule has 2 rings (SSSR count). The molecule has 0 bridgehead atoms. The van der Waals surface area contributed by atoms with Crippen molar-refractivity contribution in [3.63, 3.8) is 0 Å². The fourth-order valence-corrected chi connectivity index (χ4v) is 3.66. The Bertz CT molecular complexity index is 620. The molecule has 1 aliphatic carbocycles. The SMILES string of the molecule is Cc1ccc(CN(CCC(=O)NC2CCCC2)S(C)(=O)=O)cc1. The average molecular weight is 338 g/mol. The van der Waals surface area contributed by atoms with Crippen molar-refractivity contribution >= 4 is 15.9 Å². The van der Waals surface area contributed by atoms with Crippen molar-refractivity contribution < 1.29 is 13.2 Å². The van der Waals surface area contributed by atoms with Crippen LogP contribution in [0.5, 0.6) is 0 Å². The summed E-state index contributed by atoms with van der Waals surface area (Å²) >= 11 is 0.